The van der Waals surface area contributed by atoms with Gasteiger partial charge in [0.05, 0.1) is 20.3 Å². The number of hydrogen-bond acceptors (Lipinski definition) is 6. The molecule has 27 heavy (non-hydrogen) atoms. The first-order valence-corrected chi connectivity index (χ1v) is 7.23. The van der Waals surface area contributed by atoms with Crippen LogP contribution in [0.15, 0.2) is 42.2 Å². The Morgan fingerprint density at radius 3 is 2.41 bits per heavy atom. The minimum absolute atomic E-state index is 0.0417. The van der Waals surface area contributed by atoms with Gasteiger partial charge in [-0.3, -0.25) is 0 Å². The highest BCUT2D eigenvalue weighted by Gasteiger charge is 2.33. The van der Waals surface area contributed by atoms with Gasteiger partial charge in [-0.15, -0.1) is 0 Å². The molecular weight excluding hydrogens is 374 g/mol. The lowest BCUT2D eigenvalue weighted by Crippen LogP contribution is -2.15. The molecule has 0 bridgehead atoms. The van der Waals surface area contributed by atoms with Crippen molar-refractivity contribution >= 4 is 17.6 Å². The van der Waals surface area contributed by atoms with E-state index in [9.17, 15) is 27.2 Å². The van der Waals surface area contributed by atoms with Gasteiger partial charge < -0.3 is 14.8 Å². The highest BCUT2D eigenvalue weighted by molar-refractivity contribution is 5.98. The number of ether oxygens (including phenoxy) is 2. The average Bonchev–Trinajstić information content (AvgIpc) is 3.10. The lowest BCUT2D eigenvalue weighted by Gasteiger charge is -2.11. The molecule has 0 aliphatic carbocycles. The Morgan fingerprint density at radius 1 is 1.19 bits per heavy atom. The van der Waals surface area contributed by atoms with Crippen molar-refractivity contribution in [3.8, 4) is 5.69 Å². The number of halogens is 4. The summed E-state index contributed by atoms with van der Waals surface area (Å²) in [7, 11) is 2.18. The fourth-order valence-electron chi connectivity index (χ4n) is 1.97. The monoisotopic (exact) mass is 387 g/mol. The molecule has 1 aromatic heterocycles. The molecule has 7 nitrogen and oxygen atoms in total. The Morgan fingerprint density at radius 2 is 1.89 bits per heavy atom. The molecule has 0 atom stereocenters. The molecule has 0 radical (unpaired) electrons. The van der Waals surface area contributed by atoms with Gasteiger partial charge in [0.25, 0.3) is 0 Å². The van der Waals surface area contributed by atoms with Gasteiger partial charge >= 0.3 is 18.1 Å². The van der Waals surface area contributed by atoms with Crippen LogP contribution in [0.4, 0.5) is 23.2 Å². The number of carbonyl (C=O) groups excluding carboxylic acids is 2. The van der Waals surface area contributed by atoms with Crippen molar-refractivity contribution in [3.63, 3.8) is 0 Å². The fraction of sp³-hybridized carbons (Fsp3) is 0.188. The van der Waals surface area contributed by atoms with E-state index >= 15 is 0 Å². The van der Waals surface area contributed by atoms with Gasteiger partial charge in [0.1, 0.15) is 11.4 Å². The zero-order chi connectivity index (χ0) is 20.2. The first-order chi connectivity index (χ1) is 12.7. The molecule has 0 unspecified atom stereocenters. The maximum atomic E-state index is 14.3. The summed E-state index contributed by atoms with van der Waals surface area (Å²) >= 11 is 0. The highest BCUT2D eigenvalue weighted by Crippen LogP contribution is 2.28. The predicted octanol–water partition coefficient (Wildman–Crippen LogP) is 2.67. The van der Waals surface area contributed by atoms with E-state index in [2.05, 4.69) is 19.9 Å². The van der Waals surface area contributed by atoms with E-state index in [1.807, 2.05) is 0 Å². The minimum Gasteiger partial charge on any atom is -0.466 e. The molecule has 0 aliphatic rings. The SMILES string of the molecule is COC(=O)/C=C(/Nc1ccc(-n2ccc(C(F)(F)F)n2)c(F)c1)C(=O)OC. The standard InChI is InChI=1S/C16H13F4N3O4/c1-26-14(24)8-11(15(25)27-2)21-9-3-4-12(10(17)7-9)23-6-5-13(22-23)16(18,19)20/h3-8,21H,1-2H3/b11-8+. The number of anilines is 1. The average molecular weight is 387 g/mol. The number of methoxy groups -OCH3 is 2. The maximum Gasteiger partial charge on any atom is 0.435 e. The van der Waals surface area contributed by atoms with Gasteiger partial charge in [0.2, 0.25) is 0 Å². The second-order valence-corrected chi connectivity index (χ2v) is 5.01. The van der Waals surface area contributed by atoms with Crippen LogP contribution in [0, 0.1) is 5.82 Å². The number of alkyl halides is 3. The summed E-state index contributed by atoms with van der Waals surface area (Å²) in [5, 5.41) is 5.76. The van der Waals surface area contributed by atoms with Gasteiger partial charge in [0.15, 0.2) is 11.5 Å². The number of hydrogen-bond donors (Lipinski definition) is 1. The Balaban J connectivity index is 2.30. The molecule has 0 spiro atoms. The Labute approximate surface area is 150 Å². The second-order valence-electron chi connectivity index (χ2n) is 5.01. The Kier molecular flexibility index (Phi) is 5.83. The molecule has 1 aromatic carbocycles. The number of aromatic nitrogens is 2. The molecule has 2 rings (SSSR count). The second kappa shape index (κ2) is 7.89. The van der Waals surface area contributed by atoms with Gasteiger partial charge in [-0.25, -0.2) is 18.7 Å². The summed E-state index contributed by atoms with van der Waals surface area (Å²) in [6, 6.07) is 4.05. The van der Waals surface area contributed by atoms with Crippen molar-refractivity contribution in [1.82, 2.24) is 9.78 Å². The molecule has 0 saturated heterocycles. The summed E-state index contributed by atoms with van der Waals surface area (Å²) in [6.45, 7) is 0. The summed E-state index contributed by atoms with van der Waals surface area (Å²) < 4.78 is 61.7. The summed E-state index contributed by atoms with van der Waals surface area (Å²) in [6.07, 6.45) is -2.89. The van der Waals surface area contributed by atoms with Crippen molar-refractivity contribution in [2.75, 3.05) is 19.5 Å². The molecule has 0 aliphatic heterocycles. The molecule has 1 N–H and O–H groups in total. The van der Waals surface area contributed by atoms with E-state index in [0.29, 0.717) is 6.07 Å². The van der Waals surface area contributed by atoms with Gasteiger partial charge in [-0.2, -0.15) is 18.3 Å². The third-order valence-electron chi connectivity index (χ3n) is 3.22. The summed E-state index contributed by atoms with van der Waals surface area (Å²) in [4.78, 5) is 23.0. The molecule has 11 heteroatoms. The normalized spacial score (nSPS) is 11.9. The van der Waals surface area contributed by atoms with E-state index in [0.717, 1.165) is 43.3 Å². The van der Waals surface area contributed by atoms with Crippen LogP contribution in [0.25, 0.3) is 5.69 Å². The molecular formula is C16H13F4N3O4. The zero-order valence-electron chi connectivity index (χ0n) is 14.0. The third kappa shape index (κ3) is 4.84. The largest absolute Gasteiger partial charge is 0.466 e. The van der Waals surface area contributed by atoms with Crippen molar-refractivity contribution < 1.29 is 36.6 Å². The predicted molar refractivity (Wildman–Crippen MR) is 84.3 cm³/mol. The van der Waals surface area contributed by atoms with Crippen molar-refractivity contribution in [2.24, 2.45) is 0 Å². The molecule has 2 aromatic rings. The summed E-state index contributed by atoms with van der Waals surface area (Å²) in [5.74, 6) is -2.68. The van der Waals surface area contributed by atoms with Crippen molar-refractivity contribution in [3.05, 3.63) is 53.7 Å². The lowest BCUT2D eigenvalue weighted by molar-refractivity contribution is -0.141. The van der Waals surface area contributed by atoms with Crippen LogP contribution in [0.1, 0.15) is 5.69 Å². The van der Waals surface area contributed by atoms with Crippen molar-refractivity contribution in [1.29, 1.82) is 0 Å². The Hall–Kier alpha value is -3.37. The van der Waals surface area contributed by atoms with E-state index in [1.165, 1.54) is 6.07 Å². The lowest BCUT2D eigenvalue weighted by atomic mass is 10.2. The quantitative estimate of drug-likeness (QED) is 0.483. The topological polar surface area (TPSA) is 82.5 Å². The van der Waals surface area contributed by atoms with Crippen LogP contribution in [0.3, 0.4) is 0 Å². The fourth-order valence-corrected chi connectivity index (χ4v) is 1.97. The van der Waals surface area contributed by atoms with Crippen LogP contribution in [-0.2, 0) is 25.2 Å². The number of nitrogens with zero attached hydrogens (tertiary/aromatic N) is 2. The smallest absolute Gasteiger partial charge is 0.435 e. The molecule has 1 heterocycles. The van der Waals surface area contributed by atoms with Gasteiger partial charge in [0, 0.05) is 11.9 Å². The molecule has 0 amide bonds. The number of rotatable bonds is 5. The summed E-state index contributed by atoms with van der Waals surface area (Å²) in [5.41, 5.74) is -1.69. The first kappa shape index (κ1) is 19.9. The van der Waals surface area contributed by atoms with Crippen LogP contribution >= 0.6 is 0 Å². The van der Waals surface area contributed by atoms with Crippen LogP contribution < -0.4 is 5.32 Å². The van der Waals surface area contributed by atoms with E-state index in [-0.39, 0.29) is 17.1 Å². The van der Waals surface area contributed by atoms with Crippen LogP contribution in [0.2, 0.25) is 0 Å². The minimum atomic E-state index is -4.66. The third-order valence-corrected chi connectivity index (χ3v) is 3.22. The van der Waals surface area contributed by atoms with Crippen molar-refractivity contribution in [2.45, 2.75) is 6.18 Å². The number of carbonyl (C=O) groups is 2. The van der Waals surface area contributed by atoms with E-state index < -0.39 is 29.6 Å². The highest BCUT2D eigenvalue weighted by atomic mass is 19.4. The number of nitrogens with one attached hydrogen (secondary N) is 1. The number of benzene rings is 1. The van der Waals surface area contributed by atoms with Crippen LogP contribution in [-0.4, -0.2) is 35.9 Å². The van der Waals surface area contributed by atoms with E-state index in [1.54, 1.807) is 0 Å². The van der Waals surface area contributed by atoms with E-state index in [4.69, 9.17) is 0 Å². The first-order valence-electron chi connectivity index (χ1n) is 7.23. The van der Waals surface area contributed by atoms with Gasteiger partial charge in [-0.1, -0.05) is 0 Å². The molecule has 144 valence electrons. The number of esters is 2. The zero-order valence-corrected chi connectivity index (χ0v) is 14.0. The Bertz CT molecular complexity index is 890. The molecule has 0 fully saturated rings. The maximum absolute atomic E-state index is 14.3. The van der Waals surface area contributed by atoms with Gasteiger partial charge in [-0.05, 0) is 24.3 Å². The van der Waals surface area contributed by atoms with Crippen LogP contribution in [0.5, 0.6) is 0 Å². The molecule has 0 saturated carbocycles.